The Kier molecular flexibility index (Phi) is 5.23. The van der Waals surface area contributed by atoms with Crippen molar-refractivity contribution in [3.05, 3.63) is 47.2 Å². The summed E-state index contributed by atoms with van der Waals surface area (Å²) in [6, 6.07) is 8.58. The number of carbonyl (C=O) groups excluding carboxylic acids is 1. The fraction of sp³-hybridized carbons (Fsp3) is 0.263. The summed E-state index contributed by atoms with van der Waals surface area (Å²) in [6.07, 6.45) is 2.20. The normalized spacial score (nSPS) is 17.5. The van der Waals surface area contributed by atoms with Gasteiger partial charge in [-0.25, -0.2) is 4.98 Å². The van der Waals surface area contributed by atoms with Crippen LogP contribution < -0.4 is 15.4 Å². The molecule has 0 aliphatic heterocycles. The van der Waals surface area contributed by atoms with E-state index in [-0.39, 0.29) is 29.1 Å². The number of rotatable bonds is 5. The van der Waals surface area contributed by atoms with Gasteiger partial charge in [0.05, 0.1) is 18.2 Å². The van der Waals surface area contributed by atoms with Crippen molar-refractivity contribution in [2.75, 3.05) is 12.4 Å². The number of nitriles is 1. The molecule has 1 heterocycles. The summed E-state index contributed by atoms with van der Waals surface area (Å²) in [5.41, 5.74) is 1.36. The number of hydrogen-bond acceptors (Lipinski definition) is 6. The van der Waals surface area contributed by atoms with Crippen molar-refractivity contribution in [1.82, 2.24) is 10.3 Å². The number of aromatic hydroxyl groups is 1. The molecule has 2 aromatic rings. The molecule has 1 fully saturated rings. The van der Waals surface area contributed by atoms with Gasteiger partial charge < -0.3 is 20.5 Å². The number of phenolic OH excluding ortho intramolecular Hbond substituents is 1. The van der Waals surface area contributed by atoms with Crippen LogP contribution in [0.25, 0.3) is 0 Å². The molecule has 2 atom stereocenters. The Hall–Kier alpha value is -3.18. The molecule has 138 valence electrons. The fourth-order valence-electron chi connectivity index (χ4n) is 2.94. The highest BCUT2D eigenvalue weighted by atomic mass is 32.1. The number of nitrogens with one attached hydrogen (secondary N) is 2. The number of aromatic nitrogens is 1. The Morgan fingerprint density at radius 2 is 2.19 bits per heavy atom. The van der Waals surface area contributed by atoms with Crippen LogP contribution in [0, 0.1) is 11.3 Å². The minimum atomic E-state index is -0.203. The van der Waals surface area contributed by atoms with Crippen LogP contribution in [0.2, 0.25) is 0 Å². The van der Waals surface area contributed by atoms with Crippen LogP contribution in [-0.4, -0.2) is 34.1 Å². The summed E-state index contributed by atoms with van der Waals surface area (Å²) in [4.78, 5) is 15.8. The van der Waals surface area contributed by atoms with Gasteiger partial charge in [0, 0.05) is 23.7 Å². The van der Waals surface area contributed by atoms with Crippen LogP contribution in [0.15, 0.2) is 30.5 Å². The van der Waals surface area contributed by atoms with Crippen molar-refractivity contribution in [2.45, 2.75) is 25.3 Å². The van der Waals surface area contributed by atoms with Crippen LogP contribution in [-0.2, 0) is 0 Å². The van der Waals surface area contributed by atoms with Crippen LogP contribution in [0.5, 0.6) is 11.5 Å². The van der Waals surface area contributed by atoms with Crippen LogP contribution >= 0.6 is 12.2 Å². The van der Waals surface area contributed by atoms with E-state index in [0.717, 1.165) is 6.42 Å². The van der Waals surface area contributed by atoms with Gasteiger partial charge in [-0.3, -0.25) is 4.79 Å². The number of pyridine rings is 1. The third-order valence-electron chi connectivity index (χ3n) is 4.39. The lowest BCUT2D eigenvalue weighted by Gasteiger charge is -2.14. The minimum absolute atomic E-state index is 0.00499. The van der Waals surface area contributed by atoms with E-state index in [4.69, 9.17) is 22.2 Å². The predicted molar refractivity (Wildman–Crippen MR) is 104 cm³/mol. The van der Waals surface area contributed by atoms with E-state index in [2.05, 4.69) is 15.6 Å². The van der Waals surface area contributed by atoms with E-state index in [0.29, 0.717) is 27.8 Å². The molecule has 1 aromatic heterocycles. The number of carbonyl (C=O) groups is 1. The maximum atomic E-state index is 11.7. The van der Waals surface area contributed by atoms with E-state index >= 15 is 0 Å². The third kappa shape index (κ3) is 3.99. The first-order chi connectivity index (χ1) is 12.9. The van der Waals surface area contributed by atoms with Gasteiger partial charge in [0.15, 0.2) is 10.9 Å². The Balaban J connectivity index is 1.69. The van der Waals surface area contributed by atoms with Gasteiger partial charge in [0.1, 0.15) is 23.4 Å². The maximum Gasteiger partial charge on any atom is 0.172 e. The quantitative estimate of drug-likeness (QED) is 0.535. The van der Waals surface area contributed by atoms with Crippen molar-refractivity contribution in [2.24, 2.45) is 0 Å². The van der Waals surface area contributed by atoms with E-state index in [1.165, 1.54) is 20.2 Å². The van der Waals surface area contributed by atoms with Crippen molar-refractivity contribution in [1.29, 1.82) is 5.26 Å². The molecular weight excluding hydrogens is 364 g/mol. The van der Waals surface area contributed by atoms with Crippen molar-refractivity contribution >= 4 is 28.9 Å². The zero-order valence-electron chi connectivity index (χ0n) is 14.8. The smallest absolute Gasteiger partial charge is 0.172 e. The predicted octanol–water partition coefficient (Wildman–Crippen LogP) is 2.71. The molecule has 0 saturated heterocycles. The second-order valence-electron chi connectivity index (χ2n) is 6.22. The number of thiocarbonyl (C=S) groups is 1. The van der Waals surface area contributed by atoms with Gasteiger partial charge in [-0.2, -0.15) is 5.26 Å². The number of nitrogens with zero attached hydrogens (tertiary/aromatic N) is 2. The topological polar surface area (TPSA) is 107 Å². The van der Waals surface area contributed by atoms with Crippen molar-refractivity contribution in [3.63, 3.8) is 0 Å². The first-order valence-corrected chi connectivity index (χ1v) is 8.70. The van der Waals surface area contributed by atoms with Crippen LogP contribution in [0.3, 0.4) is 0 Å². The number of ether oxygens (including phenoxy) is 1. The van der Waals surface area contributed by atoms with Crippen LogP contribution in [0.4, 0.5) is 5.82 Å². The van der Waals surface area contributed by atoms with Gasteiger partial charge >= 0.3 is 0 Å². The molecule has 3 rings (SSSR count). The fourth-order valence-corrected chi connectivity index (χ4v) is 3.19. The third-order valence-corrected chi connectivity index (χ3v) is 4.61. The number of phenols is 1. The zero-order chi connectivity index (χ0) is 19.6. The molecule has 1 aliphatic rings. The highest BCUT2D eigenvalue weighted by molar-refractivity contribution is 7.80. The lowest BCUT2D eigenvalue weighted by atomic mass is 10.0. The summed E-state index contributed by atoms with van der Waals surface area (Å²) >= 11 is 5.30. The first-order valence-electron chi connectivity index (χ1n) is 8.29. The lowest BCUT2D eigenvalue weighted by molar-refractivity contribution is 0.101. The number of Topliss-reactive ketones (excluding diaryl/α,β-unsaturated/α-hetero) is 1. The second kappa shape index (κ2) is 7.60. The second-order valence-corrected chi connectivity index (χ2v) is 6.63. The number of benzene rings is 1. The Bertz CT molecular complexity index is 937. The number of ketones is 1. The van der Waals surface area contributed by atoms with Gasteiger partial charge in [0.25, 0.3) is 0 Å². The first kappa shape index (κ1) is 18.6. The monoisotopic (exact) mass is 382 g/mol. The van der Waals surface area contributed by atoms with Gasteiger partial charge in [0.2, 0.25) is 0 Å². The number of hydrogen-bond donors (Lipinski definition) is 3. The van der Waals surface area contributed by atoms with Crippen LogP contribution in [0.1, 0.15) is 40.7 Å². The van der Waals surface area contributed by atoms with Gasteiger partial charge in [-0.15, -0.1) is 0 Å². The molecule has 7 nitrogen and oxygen atoms in total. The van der Waals surface area contributed by atoms with Crippen molar-refractivity contribution in [3.8, 4) is 17.6 Å². The summed E-state index contributed by atoms with van der Waals surface area (Å²) in [5, 5.41) is 25.8. The molecule has 0 bridgehead atoms. The molecule has 27 heavy (non-hydrogen) atoms. The summed E-state index contributed by atoms with van der Waals surface area (Å²) < 4.78 is 5.35. The van der Waals surface area contributed by atoms with E-state index in [9.17, 15) is 9.90 Å². The van der Waals surface area contributed by atoms with Gasteiger partial charge in [-0.1, -0.05) is 0 Å². The van der Waals surface area contributed by atoms with E-state index < -0.39 is 0 Å². The largest absolute Gasteiger partial charge is 0.507 e. The average Bonchev–Trinajstić information content (AvgIpc) is 3.39. The molecule has 1 saturated carbocycles. The molecule has 0 spiro atoms. The Morgan fingerprint density at radius 1 is 1.41 bits per heavy atom. The van der Waals surface area contributed by atoms with Gasteiger partial charge in [-0.05, 0) is 49.8 Å². The lowest BCUT2D eigenvalue weighted by Crippen LogP contribution is -2.31. The molecule has 1 aromatic carbocycles. The van der Waals surface area contributed by atoms with Crippen molar-refractivity contribution < 1.29 is 14.6 Å². The molecule has 1 aliphatic carbocycles. The standard InChI is InChI=1S/C19H18N4O3S/c1-10(24)12-4-5-15(26-2)17(18(12)25)13-7-14(13)22-19(27)23-16-6-3-11(8-20)9-21-16/h3-6,9,13-14,25H,7H2,1-2H3,(H2,21,22,23,27)/t13-,14+/m0/s1. The molecule has 8 heteroatoms. The molecular formula is C19H18N4O3S. The minimum Gasteiger partial charge on any atom is -0.507 e. The highest BCUT2D eigenvalue weighted by Gasteiger charge is 2.43. The Labute approximate surface area is 162 Å². The summed E-state index contributed by atoms with van der Waals surface area (Å²) in [6.45, 7) is 1.41. The number of methoxy groups -OCH3 is 1. The van der Waals surface area contributed by atoms with E-state index in [1.807, 2.05) is 6.07 Å². The molecule has 0 unspecified atom stereocenters. The summed E-state index contributed by atoms with van der Waals surface area (Å²) in [7, 11) is 1.53. The summed E-state index contributed by atoms with van der Waals surface area (Å²) in [5.74, 6) is 0.810. The molecule has 0 radical (unpaired) electrons. The molecule has 0 amide bonds. The molecule has 3 N–H and O–H groups in total. The maximum absolute atomic E-state index is 11.7. The zero-order valence-corrected chi connectivity index (χ0v) is 15.6. The average molecular weight is 382 g/mol. The SMILES string of the molecule is COc1ccc(C(C)=O)c(O)c1[C@H]1C[C@H]1NC(=S)Nc1ccc(C#N)cn1. The Morgan fingerprint density at radius 3 is 2.78 bits per heavy atom. The highest BCUT2D eigenvalue weighted by Crippen LogP contribution is 2.49. The number of anilines is 1. The van der Waals surface area contributed by atoms with E-state index in [1.54, 1.807) is 24.3 Å².